The Morgan fingerprint density at radius 3 is 2.48 bits per heavy atom. The van der Waals surface area contributed by atoms with Crippen LogP contribution in [0.4, 0.5) is 4.79 Å². The predicted molar refractivity (Wildman–Crippen MR) is 104 cm³/mol. The zero-order valence-corrected chi connectivity index (χ0v) is 17.6. The number of carbonyl (C=O) groups is 1. The van der Waals surface area contributed by atoms with Gasteiger partial charge in [-0.05, 0) is 67.7 Å². The van der Waals surface area contributed by atoms with Crippen molar-refractivity contribution in [3.63, 3.8) is 0 Å². The van der Waals surface area contributed by atoms with Gasteiger partial charge in [0, 0.05) is 18.2 Å². The maximum atomic E-state index is 12.8. The van der Waals surface area contributed by atoms with Gasteiger partial charge in [-0.15, -0.1) is 0 Å². The third-order valence-electron chi connectivity index (χ3n) is 5.67. The van der Waals surface area contributed by atoms with Crippen molar-refractivity contribution in [1.29, 1.82) is 0 Å². The van der Waals surface area contributed by atoms with Crippen LogP contribution in [0.3, 0.4) is 0 Å². The lowest BCUT2D eigenvalue weighted by molar-refractivity contribution is 0.00578. The quantitative estimate of drug-likeness (QED) is 0.802. The summed E-state index contributed by atoms with van der Waals surface area (Å²) in [6.07, 6.45) is 4.33. The van der Waals surface area contributed by atoms with Crippen molar-refractivity contribution in [3.8, 4) is 0 Å². The molecule has 2 aliphatic heterocycles. The Labute approximate surface area is 162 Å². The second-order valence-electron chi connectivity index (χ2n) is 9.51. The number of amides is 1. The summed E-state index contributed by atoms with van der Waals surface area (Å²) in [5.74, 6) is 0. The molecule has 2 fully saturated rings. The number of hydrogen-bond acceptors (Lipinski definition) is 5. The van der Waals surface area contributed by atoms with Crippen molar-refractivity contribution in [2.45, 2.75) is 90.6 Å². The van der Waals surface area contributed by atoms with Gasteiger partial charge in [-0.25, -0.2) is 4.79 Å². The minimum Gasteiger partial charge on any atom is -0.444 e. The minimum atomic E-state index is -0.526. The molecule has 3 heterocycles. The van der Waals surface area contributed by atoms with E-state index in [2.05, 4.69) is 10.2 Å². The second-order valence-corrected chi connectivity index (χ2v) is 9.51. The van der Waals surface area contributed by atoms with Gasteiger partial charge in [0.2, 0.25) is 0 Å². The second kappa shape index (κ2) is 6.81. The minimum absolute atomic E-state index is 0.120. The molecule has 150 valence electrons. The zero-order chi connectivity index (χ0) is 20.0. The molecule has 8 heteroatoms. The molecule has 2 aliphatic rings. The van der Waals surface area contributed by atoms with E-state index in [1.165, 1.54) is 0 Å². The summed E-state index contributed by atoms with van der Waals surface area (Å²) >= 11 is 0. The standard InChI is InChI=1S/C19H32BN3O4/c1-17(2,3)25-16(24)23-11-9-8-10-14(23)15-13(12-21-22-15)20-26-18(4,5)19(6,7)27-20/h12,14H,8-11H2,1-7H3,(H,21,22). The normalized spacial score (nSPS) is 24.9. The first-order chi connectivity index (χ1) is 12.4. The van der Waals surface area contributed by atoms with E-state index in [-0.39, 0.29) is 12.1 Å². The topological polar surface area (TPSA) is 76.7 Å². The van der Waals surface area contributed by atoms with Crippen LogP contribution in [0.15, 0.2) is 6.20 Å². The van der Waals surface area contributed by atoms with Gasteiger partial charge in [0.1, 0.15) is 5.60 Å². The van der Waals surface area contributed by atoms with Crippen molar-refractivity contribution in [1.82, 2.24) is 15.1 Å². The number of rotatable bonds is 2. The van der Waals surface area contributed by atoms with Crippen molar-refractivity contribution in [2.75, 3.05) is 6.54 Å². The van der Waals surface area contributed by atoms with E-state index in [0.717, 1.165) is 30.4 Å². The van der Waals surface area contributed by atoms with Gasteiger partial charge in [0.25, 0.3) is 0 Å². The first kappa shape index (κ1) is 20.2. The number of likely N-dealkylation sites (tertiary alicyclic amines) is 1. The van der Waals surface area contributed by atoms with Crippen LogP contribution >= 0.6 is 0 Å². The van der Waals surface area contributed by atoms with E-state index >= 15 is 0 Å². The Morgan fingerprint density at radius 2 is 1.89 bits per heavy atom. The van der Waals surface area contributed by atoms with Crippen molar-refractivity contribution >= 4 is 18.7 Å². The number of carbonyl (C=O) groups excluding carboxylic acids is 1. The lowest BCUT2D eigenvalue weighted by Crippen LogP contribution is -2.45. The number of piperidine rings is 1. The molecule has 3 rings (SSSR count). The van der Waals surface area contributed by atoms with Crippen LogP contribution in [0, 0.1) is 0 Å². The number of H-pyrrole nitrogens is 1. The molecule has 7 nitrogen and oxygen atoms in total. The number of ether oxygens (including phenoxy) is 1. The number of aromatic nitrogens is 2. The Kier molecular flexibility index (Phi) is 5.10. The van der Waals surface area contributed by atoms with Crippen LogP contribution in [-0.4, -0.2) is 51.7 Å². The fourth-order valence-electron chi connectivity index (χ4n) is 3.50. The first-order valence-electron chi connectivity index (χ1n) is 9.80. The van der Waals surface area contributed by atoms with Crippen molar-refractivity contribution < 1.29 is 18.8 Å². The van der Waals surface area contributed by atoms with E-state index in [4.69, 9.17) is 14.0 Å². The van der Waals surface area contributed by atoms with Crippen LogP contribution in [-0.2, 0) is 14.0 Å². The van der Waals surface area contributed by atoms with Gasteiger partial charge in [-0.1, -0.05) is 0 Å². The highest BCUT2D eigenvalue weighted by molar-refractivity contribution is 6.62. The summed E-state index contributed by atoms with van der Waals surface area (Å²) < 4.78 is 18.0. The average Bonchev–Trinajstić information content (AvgIpc) is 3.08. The van der Waals surface area contributed by atoms with Crippen LogP contribution in [0.25, 0.3) is 0 Å². The lowest BCUT2D eigenvalue weighted by Gasteiger charge is -2.36. The predicted octanol–water partition coefficient (Wildman–Crippen LogP) is 3.17. The molecule has 1 unspecified atom stereocenters. The van der Waals surface area contributed by atoms with Gasteiger partial charge in [-0.3, -0.25) is 10.00 Å². The third kappa shape index (κ3) is 4.01. The van der Waals surface area contributed by atoms with Gasteiger partial charge in [0.05, 0.1) is 22.9 Å². The average molecular weight is 377 g/mol. The molecule has 1 N–H and O–H groups in total. The highest BCUT2D eigenvalue weighted by Crippen LogP contribution is 2.38. The van der Waals surface area contributed by atoms with Gasteiger partial charge >= 0.3 is 13.2 Å². The summed E-state index contributed by atoms with van der Waals surface area (Å²) in [5.41, 5.74) is 0.350. The summed E-state index contributed by atoms with van der Waals surface area (Å²) in [5, 5.41) is 7.34. The molecule has 1 atom stereocenters. The molecular formula is C19H32BN3O4. The molecule has 0 saturated carbocycles. The molecule has 0 radical (unpaired) electrons. The Morgan fingerprint density at radius 1 is 1.26 bits per heavy atom. The fourth-order valence-corrected chi connectivity index (χ4v) is 3.50. The monoisotopic (exact) mass is 377 g/mol. The number of nitrogens with zero attached hydrogens (tertiary/aromatic N) is 2. The lowest BCUT2D eigenvalue weighted by atomic mass is 9.77. The summed E-state index contributed by atoms with van der Waals surface area (Å²) in [7, 11) is -0.508. The smallest absolute Gasteiger partial charge is 0.444 e. The van der Waals surface area contributed by atoms with Crippen LogP contribution in [0.1, 0.15) is 79.5 Å². The van der Waals surface area contributed by atoms with E-state index < -0.39 is 23.9 Å². The summed E-state index contributed by atoms with van der Waals surface area (Å²) in [6.45, 7) is 14.4. The Bertz CT molecular complexity index is 679. The van der Waals surface area contributed by atoms with E-state index in [0.29, 0.717) is 6.54 Å². The fraction of sp³-hybridized carbons (Fsp3) is 0.789. The van der Waals surface area contributed by atoms with E-state index in [1.807, 2.05) is 48.5 Å². The van der Waals surface area contributed by atoms with Crippen molar-refractivity contribution in [3.05, 3.63) is 11.9 Å². The van der Waals surface area contributed by atoms with Crippen LogP contribution in [0.2, 0.25) is 0 Å². The van der Waals surface area contributed by atoms with Crippen LogP contribution in [0.5, 0.6) is 0 Å². The molecule has 0 spiro atoms. The van der Waals surface area contributed by atoms with E-state index in [9.17, 15) is 4.79 Å². The van der Waals surface area contributed by atoms with E-state index in [1.54, 1.807) is 11.1 Å². The van der Waals surface area contributed by atoms with Crippen LogP contribution < -0.4 is 5.46 Å². The summed E-state index contributed by atoms with van der Waals surface area (Å²) in [4.78, 5) is 14.6. The molecular weight excluding hydrogens is 345 g/mol. The SMILES string of the molecule is CC(C)(C)OC(=O)N1CCCCC1c1[nH]ncc1B1OC(C)(C)C(C)(C)O1. The summed E-state index contributed by atoms with van der Waals surface area (Å²) in [6, 6.07) is -0.120. The molecule has 2 saturated heterocycles. The third-order valence-corrected chi connectivity index (χ3v) is 5.67. The largest absolute Gasteiger partial charge is 0.498 e. The highest BCUT2D eigenvalue weighted by Gasteiger charge is 2.53. The van der Waals surface area contributed by atoms with Crippen molar-refractivity contribution in [2.24, 2.45) is 0 Å². The molecule has 0 aromatic carbocycles. The first-order valence-corrected chi connectivity index (χ1v) is 9.80. The molecule has 0 aliphatic carbocycles. The Hall–Kier alpha value is -1.54. The van der Waals surface area contributed by atoms with Gasteiger partial charge in [-0.2, -0.15) is 5.10 Å². The number of nitrogens with one attached hydrogen (secondary N) is 1. The molecule has 1 aromatic rings. The molecule has 0 bridgehead atoms. The Balaban J connectivity index is 1.86. The highest BCUT2D eigenvalue weighted by atomic mass is 16.7. The molecule has 27 heavy (non-hydrogen) atoms. The van der Waals surface area contributed by atoms with Gasteiger partial charge in [0.15, 0.2) is 0 Å². The maximum Gasteiger partial charge on any atom is 0.498 e. The zero-order valence-electron chi connectivity index (χ0n) is 17.6. The molecule has 1 amide bonds. The van der Waals surface area contributed by atoms with Gasteiger partial charge < -0.3 is 14.0 Å². The molecule has 1 aromatic heterocycles. The number of aromatic amines is 1. The maximum absolute atomic E-state index is 12.8. The number of hydrogen-bond donors (Lipinski definition) is 1.